The molecule has 2 aromatic carbocycles. The highest BCUT2D eigenvalue weighted by molar-refractivity contribution is 7.99. The van der Waals surface area contributed by atoms with Crippen molar-refractivity contribution in [3.05, 3.63) is 42.0 Å². The lowest BCUT2D eigenvalue weighted by Crippen LogP contribution is -2.03. The predicted molar refractivity (Wildman–Crippen MR) is 107 cm³/mol. The molecule has 0 aliphatic heterocycles. The average molecular weight is 416 g/mol. The topological polar surface area (TPSA) is 92.9 Å². The largest absolute Gasteiger partial charge is 0.493 e. The molecule has 0 fully saturated rings. The zero-order valence-electron chi connectivity index (χ0n) is 16.4. The number of aromatic nitrogens is 2. The van der Waals surface area contributed by atoms with Crippen molar-refractivity contribution < 1.29 is 28.2 Å². The molecule has 0 radical (unpaired) electrons. The number of ketones is 1. The summed E-state index contributed by atoms with van der Waals surface area (Å²) < 4.78 is 26.6. The molecular formula is C20H20N2O6S. The first kappa shape index (κ1) is 20.5. The van der Waals surface area contributed by atoms with Crippen molar-refractivity contribution in [3.8, 4) is 34.5 Å². The van der Waals surface area contributed by atoms with E-state index in [1.54, 1.807) is 57.7 Å². The minimum absolute atomic E-state index is 0.0955. The average Bonchev–Trinajstić information content (AvgIpc) is 3.25. The number of thioether (sulfide) groups is 1. The van der Waals surface area contributed by atoms with Gasteiger partial charge in [0.05, 0.1) is 34.2 Å². The highest BCUT2D eigenvalue weighted by Crippen LogP contribution is 2.33. The molecule has 0 aliphatic rings. The van der Waals surface area contributed by atoms with Gasteiger partial charge in [-0.15, -0.1) is 10.2 Å². The van der Waals surface area contributed by atoms with Crippen LogP contribution in [-0.2, 0) is 0 Å². The van der Waals surface area contributed by atoms with Crippen molar-refractivity contribution in [1.82, 2.24) is 10.2 Å². The Morgan fingerprint density at radius 2 is 1.48 bits per heavy atom. The van der Waals surface area contributed by atoms with Gasteiger partial charge in [0.2, 0.25) is 5.89 Å². The lowest BCUT2D eigenvalue weighted by Gasteiger charge is -2.08. The Hall–Kier alpha value is -3.20. The van der Waals surface area contributed by atoms with Crippen LogP contribution in [0.25, 0.3) is 11.5 Å². The lowest BCUT2D eigenvalue weighted by molar-refractivity contribution is 0.102. The van der Waals surface area contributed by atoms with Crippen LogP contribution in [0.2, 0.25) is 0 Å². The lowest BCUT2D eigenvalue weighted by atomic mass is 10.1. The molecule has 8 nitrogen and oxygen atoms in total. The van der Waals surface area contributed by atoms with Gasteiger partial charge in [-0.2, -0.15) is 0 Å². The maximum atomic E-state index is 12.5. The summed E-state index contributed by atoms with van der Waals surface area (Å²) in [5, 5.41) is 8.33. The van der Waals surface area contributed by atoms with Crippen LogP contribution in [0.3, 0.4) is 0 Å². The number of rotatable bonds is 9. The third-order valence-corrected chi connectivity index (χ3v) is 4.89. The fourth-order valence-corrected chi connectivity index (χ4v) is 3.23. The molecule has 0 saturated heterocycles. The molecule has 29 heavy (non-hydrogen) atoms. The summed E-state index contributed by atoms with van der Waals surface area (Å²) in [4.78, 5) is 12.5. The first-order chi connectivity index (χ1) is 14.1. The molecule has 1 aromatic heterocycles. The Morgan fingerprint density at radius 3 is 2.14 bits per heavy atom. The van der Waals surface area contributed by atoms with Crippen molar-refractivity contribution in [2.24, 2.45) is 0 Å². The molecule has 0 atom stereocenters. The summed E-state index contributed by atoms with van der Waals surface area (Å²) in [6, 6.07) is 10.3. The van der Waals surface area contributed by atoms with Crippen molar-refractivity contribution in [2.45, 2.75) is 5.22 Å². The second kappa shape index (κ2) is 9.33. The van der Waals surface area contributed by atoms with Gasteiger partial charge in [0.1, 0.15) is 0 Å². The number of Topliss-reactive ketones (excluding diaryl/α,β-unsaturated/α-hetero) is 1. The Balaban J connectivity index is 1.68. The molecule has 0 amide bonds. The molecule has 0 aliphatic carbocycles. The third kappa shape index (κ3) is 4.62. The van der Waals surface area contributed by atoms with Gasteiger partial charge in [-0.3, -0.25) is 4.79 Å². The van der Waals surface area contributed by atoms with E-state index >= 15 is 0 Å². The Morgan fingerprint density at radius 1 is 0.862 bits per heavy atom. The van der Waals surface area contributed by atoms with Gasteiger partial charge >= 0.3 is 0 Å². The van der Waals surface area contributed by atoms with E-state index in [0.29, 0.717) is 45.2 Å². The van der Waals surface area contributed by atoms with E-state index in [1.807, 2.05) is 0 Å². The maximum absolute atomic E-state index is 12.5. The SMILES string of the molecule is COc1ccc(C(=O)CSc2nnc(-c3ccc(OC)c(OC)c3)o2)cc1OC. The molecule has 9 heteroatoms. The summed E-state index contributed by atoms with van der Waals surface area (Å²) in [5.41, 5.74) is 1.20. The number of nitrogens with zero attached hydrogens (tertiary/aromatic N) is 2. The van der Waals surface area contributed by atoms with Crippen LogP contribution in [0.1, 0.15) is 10.4 Å². The fraction of sp³-hybridized carbons (Fsp3) is 0.250. The van der Waals surface area contributed by atoms with Gasteiger partial charge in [-0.25, -0.2) is 0 Å². The maximum Gasteiger partial charge on any atom is 0.277 e. The normalized spacial score (nSPS) is 10.5. The molecule has 3 rings (SSSR count). The molecular weight excluding hydrogens is 396 g/mol. The number of benzene rings is 2. The van der Waals surface area contributed by atoms with Crippen LogP contribution >= 0.6 is 11.8 Å². The molecule has 3 aromatic rings. The second-order valence-corrected chi connectivity index (χ2v) is 6.65. The van der Waals surface area contributed by atoms with Gasteiger partial charge in [0.25, 0.3) is 5.22 Å². The molecule has 1 heterocycles. The summed E-state index contributed by atoms with van der Waals surface area (Å²) in [6.45, 7) is 0. The van der Waals surface area contributed by atoms with E-state index in [4.69, 9.17) is 23.4 Å². The molecule has 0 spiro atoms. The fourth-order valence-electron chi connectivity index (χ4n) is 2.57. The third-order valence-electron chi connectivity index (χ3n) is 4.07. The summed E-state index contributed by atoms with van der Waals surface area (Å²) in [7, 11) is 6.18. The number of carbonyl (C=O) groups is 1. The van der Waals surface area contributed by atoms with Crippen molar-refractivity contribution >= 4 is 17.5 Å². The van der Waals surface area contributed by atoms with Gasteiger partial charge in [0.15, 0.2) is 28.8 Å². The Kier molecular flexibility index (Phi) is 6.61. The van der Waals surface area contributed by atoms with E-state index in [-0.39, 0.29) is 11.5 Å². The van der Waals surface area contributed by atoms with E-state index in [9.17, 15) is 4.79 Å². The summed E-state index contributed by atoms with van der Waals surface area (Å²) in [5.74, 6) is 2.59. The van der Waals surface area contributed by atoms with Crippen LogP contribution in [0.5, 0.6) is 23.0 Å². The Bertz CT molecular complexity index is 1000. The van der Waals surface area contributed by atoms with E-state index in [0.717, 1.165) is 11.8 Å². The van der Waals surface area contributed by atoms with Crippen molar-refractivity contribution in [2.75, 3.05) is 34.2 Å². The number of hydrogen-bond donors (Lipinski definition) is 0. The van der Waals surface area contributed by atoms with Gasteiger partial charge < -0.3 is 23.4 Å². The van der Waals surface area contributed by atoms with Crippen molar-refractivity contribution in [3.63, 3.8) is 0 Å². The molecule has 0 bridgehead atoms. The number of hydrogen-bond acceptors (Lipinski definition) is 9. The highest BCUT2D eigenvalue weighted by Gasteiger charge is 2.15. The zero-order chi connectivity index (χ0) is 20.8. The quantitative estimate of drug-likeness (QED) is 0.382. The smallest absolute Gasteiger partial charge is 0.277 e. The monoisotopic (exact) mass is 416 g/mol. The number of carbonyl (C=O) groups excluding carboxylic acids is 1. The van der Waals surface area contributed by atoms with E-state index in [1.165, 1.54) is 7.11 Å². The van der Waals surface area contributed by atoms with E-state index in [2.05, 4.69) is 10.2 Å². The van der Waals surface area contributed by atoms with Gasteiger partial charge in [-0.1, -0.05) is 11.8 Å². The first-order valence-corrected chi connectivity index (χ1v) is 9.52. The first-order valence-electron chi connectivity index (χ1n) is 8.53. The summed E-state index contributed by atoms with van der Waals surface area (Å²) >= 11 is 1.16. The van der Waals surface area contributed by atoms with Crippen LogP contribution < -0.4 is 18.9 Å². The van der Waals surface area contributed by atoms with Gasteiger partial charge in [-0.05, 0) is 36.4 Å². The second-order valence-electron chi connectivity index (χ2n) is 5.72. The van der Waals surface area contributed by atoms with Gasteiger partial charge in [0, 0.05) is 11.1 Å². The number of methoxy groups -OCH3 is 4. The van der Waals surface area contributed by atoms with Crippen molar-refractivity contribution in [1.29, 1.82) is 0 Å². The molecule has 0 saturated carbocycles. The van der Waals surface area contributed by atoms with E-state index < -0.39 is 0 Å². The van der Waals surface area contributed by atoms with Crippen LogP contribution in [0, 0.1) is 0 Å². The molecule has 0 N–H and O–H groups in total. The highest BCUT2D eigenvalue weighted by atomic mass is 32.2. The number of ether oxygens (including phenoxy) is 4. The minimum atomic E-state index is -0.0955. The summed E-state index contributed by atoms with van der Waals surface area (Å²) in [6.07, 6.45) is 0. The van der Waals surface area contributed by atoms with Crippen LogP contribution in [-0.4, -0.2) is 50.2 Å². The Labute approximate surface area is 172 Å². The molecule has 152 valence electrons. The predicted octanol–water partition coefficient (Wildman–Crippen LogP) is 3.75. The van der Waals surface area contributed by atoms with Crippen LogP contribution in [0.4, 0.5) is 0 Å². The minimum Gasteiger partial charge on any atom is -0.493 e. The zero-order valence-corrected chi connectivity index (χ0v) is 17.2. The van der Waals surface area contributed by atoms with Crippen LogP contribution in [0.15, 0.2) is 46.0 Å². The molecule has 0 unspecified atom stereocenters. The standard InChI is InChI=1S/C20H20N2O6S/c1-24-15-7-5-12(9-17(15)26-3)14(23)11-29-20-22-21-19(28-20)13-6-8-16(25-2)18(10-13)27-4/h5-10H,11H2,1-4H3.